The fourth-order valence-corrected chi connectivity index (χ4v) is 4.05. The molecule has 7 nitrogen and oxygen atoms in total. The van der Waals surface area contributed by atoms with Gasteiger partial charge >= 0.3 is 5.97 Å². The molecule has 34 heavy (non-hydrogen) atoms. The number of rotatable bonds is 3. The Morgan fingerprint density at radius 3 is 2.47 bits per heavy atom. The van der Waals surface area contributed by atoms with Gasteiger partial charge in [0.25, 0.3) is 0 Å². The lowest BCUT2D eigenvalue weighted by Gasteiger charge is -2.35. The zero-order valence-corrected chi connectivity index (χ0v) is 19.8. The molecule has 2 N–H and O–H groups in total. The number of hydrogen-bond acceptors (Lipinski definition) is 5. The molecule has 2 heterocycles. The first kappa shape index (κ1) is 23.6. The highest BCUT2D eigenvalue weighted by atomic mass is 35.5. The van der Waals surface area contributed by atoms with Crippen LogP contribution < -0.4 is 5.32 Å². The van der Waals surface area contributed by atoms with E-state index in [9.17, 15) is 4.79 Å². The minimum Gasteiger partial charge on any atom is -0.402 e. The molecule has 3 aromatic rings. The van der Waals surface area contributed by atoms with E-state index in [1.807, 2.05) is 64.4 Å². The van der Waals surface area contributed by atoms with E-state index in [0.717, 1.165) is 22.0 Å². The average molecular weight is 496 g/mol. The summed E-state index contributed by atoms with van der Waals surface area (Å²) in [6.07, 6.45) is 1.76. The Kier molecular flexibility index (Phi) is 7.05. The van der Waals surface area contributed by atoms with Crippen molar-refractivity contribution in [3.05, 3.63) is 89.2 Å². The van der Waals surface area contributed by atoms with Gasteiger partial charge in [0.1, 0.15) is 0 Å². The maximum atomic E-state index is 12.5. The van der Waals surface area contributed by atoms with Gasteiger partial charge in [-0.1, -0.05) is 48.0 Å². The Balaban J connectivity index is 0.00000274. The Hall–Kier alpha value is -3.55. The number of hydrogen-bond donors (Lipinski definition) is 2. The lowest BCUT2D eigenvalue weighted by molar-refractivity contribution is -0.130. The first-order valence-corrected chi connectivity index (χ1v) is 11.1. The van der Waals surface area contributed by atoms with Crippen molar-refractivity contribution in [1.82, 2.24) is 9.80 Å². The Morgan fingerprint density at radius 2 is 1.71 bits per heavy atom. The second-order valence-corrected chi connectivity index (χ2v) is 8.29. The number of esters is 1. The SMILES string of the molecule is Cl.N=C(Nc1ccc(Cl)cc1)N1CCN(/C=C2/N=C(c3cccc4ccccc34)OC2=O)CC1. The van der Waals surface area contributed by atoms with Crippen molar-refractivity contribution in [2.75, 3.05) is 31.5 Å². The van der Waals surface area contributed by atoms with E-state index in [0.29, 0.717) is 48.8 Å². The number of guanidine groups is 1. The van der Waals surface area contributed by atoms with Gasteiger partial charge in [-0.05, 0) is 41.1 Å². The maximum absolute atomic E-state index is 12.5. The van der Waals surface area contributed by atoms with E-state index in [-0.39, 0.29) is 12.4 Å². The second kappa shape index (κ2) is 10.2. The van der Waals surface area contributed by atoms with Gasteiger partial charge in [-0.2, -0.15) is 0 Å². The smallest absolute Gasteiger partial charge is 0.365 e. The number of anilines is 1. The van der Waals surface area contributed by atoms with Crippen LogP contribution in [0.3, 0.4) is 0 Å². The molecule has 174 valence electrons. The van der Waals surface area contributed by atoms with E-state index >= 15 is 0 Å². The highest BCUT2D eigenvalue weighted by Gasteiger charge is 2.27. The highest BCUT2D eigenvalue weighted by molar-refractivity contribution is 6.30. The summed E-state index contributed by atoms with van der Waals surface area (Å²) in [4.78, 5) is 21.0. The molecule has 0 atom stereocenters. The fraction of sp³-hybridized carbons (Fsp3) is 0.160. The van der Waals surface area contributed by atoms with Crippen molar-refractivity contribution in [3.63, 3.8) is 0 Å². The molecule has 2 aliphatic rings. The van der Waals surface area contributed by atoms with Crippen LogP contribution in [0.25, 0.3) is 10.8 Å². The Labute approximate surface area is 208 Å². The standard InChI is InChI=1S/C25H22ClN5O2.ClH/c26-18-8-10-19(11-9-18)28-25(27)31-14-12-30(13-15-31)16-22-24(32)33-23(29-22)21-7-3-5-17-4-1-2-6-20(17)21;/h1-11,16H,12-15H2,(H2,27,28);1H/b22-16+;. The molecule has 5 rings (SSSR count). The molecule has 0 amide bonds. The molecule has 0 spiro atoms. The van der Waals surface area contributed by atoms with Crippen molar-refractivity contribution in [3.8, 4) is 0 Å². The van der Waals surface area contributed by atoms with Gasteiger partial charge < -0.3 is 19.9 Å². The van der Waals surface area contributed by atoms with Crippen LogP contribution in [0.15, 0.2) is 83.6 Å². The number of benzene rings is 3. The van der Waals surface area contributed by atoms with Crippen molar-refractivity contribution in [2.45, 2.75) is 0 Å². The number of carbonyl (C=O) groups excluding carboxylic acids is 1. The van der Waals surface area contributed by atoms with Gasteiger partial charge in [-0.3, -0.25) is 5.41 Å². The second-order valence-electron chi connectivity index (χ2n) is 7.85. The van der Waals surface area contributed by atoms with Gasteiger partial charge in [0.2, 0.25) is 5.90 Å². The van der Waals surface area contributed by atoms with Crippen LogP contribution in [0.5, 0.6) is 0 Å². The number of piperazine rings is 1. The zero-order valence-electron chi connectivity index (χ0n) is 18.2. The first-order chi connectivity index (χ1) is 16.1. The Morgan fingerprint density at radius 1 is 1.00 bits per heavy atom. The Bertz CT molecular complexity index is 1280. The summed E-state index contributed by atoms with van der Waals surface area (Å²) in [6, 6.07) is 21.1. The van der Waals surface area contributed by atoms with E-state index in [2.05, 4.69) is 10.3 Å². The molecule has 3 aromatic carbocycles. The molecule has 0 radical (unpaired) electrons. The van der Waals surface area contributed by atoms with Crippen LogP contribution in [0.4, 0.5) is 5.69 Å². The van der Waals surface area contributed by atoms with E-state index in [1.165, 1.54) is 0 Å². The number of fused-ring (bicyclic) bond motifs is 1. The van der Waals surface area contributed by atoms with Crippen molar-refractivity contribution in [1.29, 1.82) is 5.41 Å². The average Bonchev–Trinajstić information content (AvgIpc) is 3.20. The van der Waals surface area contributed by atoms with E-state index in [1.54, 1.807) is 18.3 Å². The highest BCUT2D eigenvalue weighted by Crippen LogP contribution is 2.24. The van der Waals surface area contributed by atoms with Gasteiger partial charge in [-0.25, -0.2) is 9.79 Å². The van der Waals surface area contributed by atoms with Gasteiger partial charge in [0.15, 0.2) is 11.7 Å². The first-order valence-electron chi connectivity index (χ1n) is 10.7. The molecule has 1 fully saturated rings. The van der Waals surface area contributed by atoms with Crippen LogP contribution in [-0.2, 0) is 9.53 Å². The summed E-state index contributed by atoms with van der Waals surface area (Å²) in [5, 5.41) is 14.1. The molecular formula is C25H23Cl2N5O2. The third-order valence-electron chi connectivity index (χ3n) is 5.68. The van der Waals surface area contributed by atoms with Gasteiger partial charge in [-0.15, -0.1) is 12.4 Å². The largest absolute Gasteiger partial charge is 0.402 e. The number of nitrogens with zero attached hydrogens (tertiary/aromatic N) is 3. The summed E-state index contributed by atoms with van der Waals surface area (Å²) < 4.78 is 5.50. The van der Waals surface area contributed by atoms with Gasteiger partial charge in [0, 0.05) is 48.7 Å². The zero-order chi connectivity index (χ0) is 22.8. The summed E-state index contributed by atoms with van der Waals surface area (Å²) in [5.74, 6) is 0.217. The molecule has 0 bridgehead atoms. The van der Waals surface area contributed by atoms with Crippen molar-refractivity contribution in [2.24, 2.45) is 4.99 Å². The summed E-state index contributed by atoms with van der Waals surface area (Å²) in [5.41, 5.74) is 1.91. The number of nitrogens with one attached hydrogen (secondary N) is 2. The lowest BCUT2D eigenvalue weighted by Crippen LogP contribution is -2.48. The summed E-state index contributed by atoms with van der Waals surface area (Å²) in [6.45, 7) is 2.64. The molecule has 0 aromatic heterocycles. The normalized spacial score (nSPS) is 16.8. The van der Waals surface area contributed by atoms with Crippen LogP contribution in [-0.4, -0.2) is 53.8 Å². The van der Waals surface area contributed by atoms with Crippen molar-refractivity contribution < 1.29 is 9.53 Å². The minimum absolute atomic E-state index is 0. The monoisotopic (exact) mass is 495 g/mol. The fourth-order valence-electron chi connectivity index (χ4n) is 3.92. The summed E-state index contributed by atoms with van der Waals surface area (Å²) >= 11 is 5.92. The van der Waals surface area contributed by atoms with Gasteiger partial charge in [0.05, 0.1) is 0 Å². The lowest BCUT2D eigenvalue weighted by atomic mass is 10.0. The third-order valence-corrected chi connectivity index (χ3v) is 5.93. The summed E-state index contributed by atoms with van der Waals surface area (Å²) in [7, 11) is 0. The number of aliphatic imine (C=N–C) groups is 1. The molecule has 9 heteroatoms. The third kappa shape index (κ3) is 5.00. The van der Waals surface area contributed by atoms with Crippen molar-refractivity contribution >= 4 is 58.3 Å². The molecule has 2 aliphatic heterocycles. The van der Waals surface area contributed by atoms with Crippen LogP contribution in [0, 0.1) is 5.41 Å². The number of ether oxygens (including phenoxy) is 1. The quantitative estimate of drug-likeness (QED) is 0.237. The van der Waals surface area contributed by atoms with E-state index in [4.69, 9.17) is 21.7 Å². The predicted octanol–water partition coefficient (Wildman–Crippen LogP) is 4.72. The topological polar surface area (TPSA) is 81.0 Å². The van der Waals surface area contributed by atoms with Crippen LogP contribution in [0.2, 0.25) is 5.02 Å². The predicted molar refractivity (Wildman–Crippen MR) is 138 cm³/mol. The molecule has 0 unspecified atom stereocenters. The number of halogens is 2. The van der Waals surface area contributed by atoms with Crippen LogP contribution in [0.1, 0.15) is 5.56 Å². The molecule has 0 saturated carbocycles. The van der Waals surface area contributed by atoms with E-state index < -0.39 is 5.97 Å². The number of carbonyl (C=O) groups is 1. The molecular weight excluding hydrogens is 473 g/mol. The van der Waals surface area contributed by atoms with Crippen LogP contribution >= 0.6 is 24.0 Å². The minimum atomic E-state index is -0.447. The molecule has 1 saturated heterocycles. The molecule has 0 aliphatic carbocycles. The number of cyclic esters (lactones) is 1. The maximum Gasteiger partial charge on any atom is 0.365 e.